The molecule has 1 aliphatic carbocycles. The first-order valence-electron chi connectivity index (χ1n) is 10.5. The Morgan fingerprint density at radius 1 is 1.06 bits per heavy atom. The number of ketones is 1. The molecule has 0 N–H and O–H groups in total. The van der Waals surface area contributed by atoms with Crippen LogP contribution in [0.5, 0.6) is 5.75 Å². The number of thioether (sulfide) groups is 1. The van der Waals surface area contributed by atoms with Crippen LogP contribution in [0.1, 0.15) is 42.4 Å². The Kier molecular flexibility index (Phi) is 6.28. The van der Waals surface area contributed by atoms with Crippen molar-refractivity contribution in [1.29, 1.82) is 0 Å². The number of ether oxygens (including phenoxy) is 1. The lowest BCUT2D eigenvalue weighted by Gasteiger charge is -2.24. The summed E-state index contributed by atoms with van der Waals surface area (Å²) in [4.78, 5) is 32.2. The van der Waals surface area contributed by atoms with Gasteiger partial charge in [0.25, 0.3) is 5.91 Å². The highest BCUT2D eigenvalue weighted by Crippen LogP contribution is 2.35. The molecule has 0 spiro atoms. The van der Waals surface area contributed by atoms with Crippen LogP contribution in [0.2, 0.25) is 0 Å². The lowest BCUT2D eigenvalue weighted by molar-refractivity contribution is -0.119. The van der Waals surface area contributed by atoms with Crippen molar-refractivity contribution in [1.82, 2.24) is 0 Å². The summed E-state index contributed by atoms with van der Waals surface area (Å²) < 4.78 is 5.21. The van der Waals surface area contributed by atoms with E-state index >= 15 is 0 Å². The van der Waals surface area contributed by atoms with Crippen LogP contribution in [-0.2, 0) is 9.59 Å². The number of nitrogens with zero attached hydrogens (tertiary/aromatic N) is 2. The molecular weight excluding hydrogens is 408 g/mol. The Hall–Kier alpha value is -2.86. The monoisotopic (exact) mass is 434 g/mol. The van der Waals surface area contributed by atoms with Crippen molar-refractivity contribution in [2.75, 3.05) is 12.0 Å². The second-order valence-electron chi connectivity index (χ2n) is 8.00. The predicted octanol–water partition coefficient (Wildman–Crippen LogP) is 5.30. The van der Waals surface area contributed by atoms with Gasteiger partial charge in [-0.2, -0.15) is 0 Å². The fourth-order valence-electron chi connectivity index (χ4n) is 3.94. The smallest absolute Gasteiger partial charge is 0.283 e. The summed E-state index contributed by atoms with van der Waals surface area (Å²) in [5.74, 6) is 0.832. The highest BCUT2D eigenvalue weighted by molar-refractivity contribution is 8.15. The third-order valence-corrected chi connectivity index (χ3v) is 6.73. The molecule has 0 aromatic heterocycles. The van der Waals surface area contributed by atoms with Crippen molar-refractivity contribution < 1.29 is 14.3 Å². The summed E-state index contributed by atoms with van der Waals surface area (Å²) in [6, 6.07) is 13.5. The SMILES string of the molecule is COc1ccc(/C=C2\N=C(SC3CCCCC3=O)N(c3cc(C)cc(C)c3)C2=O)cc1. The van der Waals surface area contributed by atoms with Crippen LogP contribution in [0.4, 0.5) is 5.69 Å². The van der Waals surface area contributed by atoms with Gasteiger partial charge >= 0.3 is 0 Å². The van der Waals surface area contributed by atoms with E-state index in [2.05, 4.69) is 11.1 Å². The van der Waals surface area contributed by atoms with E-state index in [0.29, 0.717) is 17.3 Å². The van der Waals surface area contributed by atoms with E-state index in [9.17, 15) is 9.59 Å². The van der Waals surface area contributed by atoms with Crippen LogP contribution in [0.15, 0.2) is 53.2 Å². The largest absolute Gasteiger partial charge is 0.497 e. The van der Waals surface area contributed by atoms with Crippen molar-refractivity contribution in [2.45, 2.75) is 44.8 Å². The van der Waals surface area contributed by atoms with Crippen LogP contribution in [0.3, 0.4) is 0 Å². The number of hydrogen-bond acceptors (Lipinski definition) is 5. The second-order valence-corrected chi connectivity index (χ2v) is 9.17. The molecule has 0 bridgehead atoms. The lowest BCUT2D eigenvalue weighted by Crippen LogP contribution is -2.33. The number of Topliss-reactive ketones (excluding diaryl/α,β-unsaturated/α-hetero) is 1. The molecule has 31 heavy (non-hydrogen) atoms. The summed E-state index contributed by atoms with van der Waals surface area (Å²) in [6.07, 6.45) is 5.20. The van der Waals surface area contributed by atoms with Crippen molar-refractivity contribution in [2.24, 2.45) is 4.99 Å². The highest BCUT2D eigenvalue weighted by atomic mass is 32.2. The van der Waals surface area contributed by atoms with Gasteiger partial charge in [-0.1, -0.05) is 36.4 Å². The number of rotatable bonds is 4. The molecule has 6 heteroatoms. The second kappa shape index (κ2) is 9.10. The van der Waals surface area contributed by atoms with E-state index in [1.54, 1.807) is 18.1 Å². The molecule has 160 valence electrons. The van der Waals surface area contributed by atoms with Gasteiger partial charge in [0.1, 0.15) is 17.2 Å². The normalized spacial score (nSPS) is 20.4. The van der Waals surface area contributed by atoms with Crippen LogP contribution >= 0.6 is 11.8 Å². The fraction of sp³-hybridized carbons (Fsp3) is 0.320. The standard InChI is InChI=1S/C25H26N2O3S/c1-16-12-17(2)14-19(13-16)27-24(29)21(15-18-8-10-20(30-3)11-9-18)26-25(27)31-23-7-5-4-6-22(23)28/h8-15,23H,4-7H2,1-3H3/b21-15-. The van der Waals surface area contributed by atoms with E-state index in [0.717, 1.165) is 47.4 Å². The minimum absolute atomic E-state index is 0.144. The molecule has 1 atom stereocenters. The average molecular weight is 435 g/mol. The average Bonchev–Trinajstić information content (AvgIpc) is 3.04. The number of aryl methyl sites for hydroxylation is 2. The zero-order valence-electron chi connectivity index (χ0n) is 18.1. The molecular formula is C25H26N2O3S. The third kappa shape index (κ3) is 4.74. The van der Waals surface area contributed by atoms with E-state index in [4.69, 9.17) is 4.74 Å². The van der Waals surface area contributed by atoms with Gasteiger partial charge in [0.15, 0.2) is 5.17 Å². The summed E-state index contributed by atoms with van der Waals surface area (Å²) in [5, 5.41) is 0.434. The summed E-state index contributed by atoms with van der Waals surface area (Å²) in [6.45, 7) is 4.03. The molecule has 1 unspecified atom stereocenters. The van der Waals surface area contributed by atoms with Crippen LogP contribution < -0.4 is 9.64 Å². The Morgan fingerprint density at radius 2 is 1.77 bits per heavy atom. The summed E-state index contributed by atoms with van der Waals surface area (Å²) in [5.41, 5.74) is 4.18. The van der Waals surface area contributed by atoms with E-state index in [-0.39, 0.29) is 16.9 Å². The number of benzene rings is 2. The maximum Gasteiger partial charge on any atom is 0.283 e. The molecule has 1 saturated carbocycles. The maximum absolute atomic E-state index is 13.4. The number of carbonyl (C=O) groups excluding carboxylic acids is 2. The molecule has 1 fully saturated rings. The van der Waals surface area contributed by atoms with Crippen molar-refractivity contribution >= 4 is 40.4 Å². The fourth-order valence-corrected chi connectivity index (χ4v) is 5.18. The predicted molar refractivity (Wildman–Crippen MR) is 127 cm³/mol. The molecule has 5 nitrogen and oxygen atoms in total. The Bertz CT molecular complexity index is 1050. The minimum Gasteiger partial charge on any atom is -0.497 e. The maximum atomic E-state index is 13.4. The number of amides is 1. The molecule has 2 aliphatic rings. The first-order valence-corrected chi connectivity index (χ1v) is 11.4. The van der Waals surface area contributed by atoms with Gasteiger partial charge in [0, 0.05) is 6.42 Å². The number of carbonyl (C=O) groups is 2. The molecule has 1 amide bonds. The van der Waals surface area contributed by atoms with Gasteiger partial charge in [0.05, 0.1) is 18.0 Å². The topological polar surface area (TPSA) is 59.0 Å². The van der Waals surface area contributed by atoms with Crippen molar-refractivity contribution in [3.63, 3.8) is 0 Å². The number of anilines is 1. The molecule has 0 radical (unpaired) electrons. The Morgan fingerprint density at radius 3 is 2.42 bits per heavy atom. The third-order valence-electron chi connectivity index (χ3n) is 5.46. The molecule has 4 rings (SSSR count). The molecule has 1 heterocycles. The van der Waals surface area contributed by atoms with Crippen LogP contribution in [0, 0.1) is 13.8 Å². The minimum atomic E-state index is -0.174. The highest BCUT2D eigenvalue weighted by Gasteiger charge is 2.35. The molecule has 1 aliphatic heterocycles. The van der Waals surface area contributed by atoms with Crippen molar-refractivity contribution in [3.05, 3.63) is 64.9 Å². The summed E-state index contributed by atoms with van der Waals surface area (Å²) >= 11 is 1.42. The van der Waals surface area contributed by atoms with Crippen LogP contribution in [-0.4, -0.2) is 29.2 Å². The number of aliphatic imine (C=N–C) groups is 1. The first kappa shape index (κ1) is 21.4. The van der Waals surface area contributed by atoms with E-state index in [1.807, 2.05) is 50.2 Å². The van der Waals surface area contributed by atoms with Gasteiger partial charge in [-0.15, -0.1) is 0 Å². The van der Waals surface area contributed by atoms with E-state index < -0.39 is 0 Å². The van der Waals surface area contributed by atoms with Gasteiger partial charge in [-0.05, 0) is 73.7 Å². The zero-order chi connectivity index (χ0) is 22.0. The quantitative estimate of drug-likeness (QED) is 0.613. The van der Waals surface area contributed by atoms with Gasteiger partial charge < -0.3 is 4.74 Å². The molecule has 2 aromatic rings. The molecule has 0 saturated heterocycles. The number of methoxy groups -OCH3 is 1. The Labute approximate surface area is 187 Å². The lowest BCUT2D eigenvalue weighted by atomic mass is 9.99. The van der Waals surface area contributed by atoms with Gasteiger partial charge in [-0.3, -0.25) is 14.5 Å². The number of hydrogen-bond donors (Lipinski definition) is 0. The first-order chi connectivity index (χ1) is 14.9. The van der Waals surface area contributed by atoms with E-state index in [1.165, 1.54) is 11.8 Å². The van der Waals surface area contributed by atoms with Gasteiger partial charge in [-0.25, -0.2) is 4.99 Å². The zero-order valence-corrected chi connectivity index (χ0v) is 18.9. The van der Waals surface area contributed by atoms with Crippen molar-refractivity contribution in [3.8, 4) is 5.75 Å². The molecule has 2 aromatic carbocycles. The Balaban J connectivity index is 1.71. The van der Waals surface area contributed by atoms with Gasteiger partial charge in [0.2, 0.25) is 0 Å². The number of amidine groups is 1. The summed E-state index contributed by atoms with van der Waals surface area (Å²) in [7, 11) is 1.62. The van der Waals surface area contributed by atoms with Crippen LogP contribution in [0.25, 0.3) is 6.08 Å².